The van der Waals surface area contributed by atoms with E-state index in [-0.39, 0.29) is 11.6 Å². The molecule has 1 atom stereocenters. The molecule has 3 N–H and O–H groups in total. The first-order valence-corrected chi connectivity index (χ1v) is 6.70. The highest BCUT2D eigenvalue weighted by Gasteiger charge is 2.03. The SMILES string of the molecule is CC(N)Cc1ccc(OCc2ccc(C(=O)O)cc2)cn1. The monoisotopic (exact) mass is 286 g/mol. The van der Waals surface area contributed by atoms with Crippen LogP contribution < -0.4 is 10.5 Å². The zero-order chi connectivity index (χ0) is 15.2. The maximum atomic E-state index is 10.8. The van der Waals surface area contributed by atoms with Gasteiger partial charge in [0.1, 0.15) is 12.4 Å². The molecule has 5 nitrogen and oxygen atoms in total. The van der Waals surface area contributed by atoms with Gasteiger partial charge in [-0.2, -0.15) is 0 Å². The van der Waals surface area contributed by atoms with Crippen molar-refractivity contribution in [1.29, 1.82) is 0 Å². The summed E-state index contributed by atoms with van der Waals surface area (Å²) in [7, 11) is 0. The zero-order valence-corrected chi connectivity index (χ0v) is 11.8. The highest BCUT2D eigenvalue weighted by atomic mass is 16.5. The number of pyridine rings is 1. The molecule has 0 saturated heterocycles. The van der Waals surface area contributed by atoms with E-state index < -0.39 is 5.97 Å². The maximum absolute atomic E-state index is 10.8. The third-order valence-electron chi connectivity index (χ3n) is 2.94. The Hall–Kier alpha value is -2.40. The number of carboxylic acids is 1. The Morgan fingerprint density at radius 1 is 1.29 bits per heavy atom. The Labute approximate surface area is 123 Å². The second-order valence-electron chi connectivity index (χ2n) is 4.96. The largest absolute Gasteiger partial charge is 0.487 e. The number of hydrogen-bond donors (Lipinski definition) is 2. The molecule has 110 valence electrons. The van der Waals surface area contributed by atoms with Crippen LogP contribution in [0.3, 0.4) is 0 Å². The summed E-state index contributed by atoms with van der Waals surface area (Å²) in [4.78, 5) is 15.0. The summed E-state index contributed by atoms with van der Waals surface area (Å²) in [6.07, 6.45) is 2.40. The summed E-state index contributed by atoms with van der Waals surface area (Å²) < 4.78 is 5.61. The van der Waals surface area contributed by atoms with Crippen LogP contribution in [-0.2, 0) is 13.0 Å². The lowest BCUT2D eigenvalue weighted by Crippen LogP contribution is -2.18. The molecule has 21 heavy (non-hydrogen) atoms. The molecule has 0 aliphatic heterocycles. The van der Waals surface area contributed by atoms with E-state index >= 15 is 0 Å². The molecule has 0 fully saturated rings. The van der Waals surface area contributed by atoms with Crippen LogP contribution >= 0.6 is 0 Å². The highest BCUT2D eigenvalue weighted by Crippen LogP contribution is 2.13. The van der Waals surface area contributed by atoms with Gasteiger partial charge in [-0.1, -0.05) is 12.1 Å². The molecule has 1 unspecified atom stereocenters. The van der Waals surface area contributed by atoms with Crippen molar-refractivity contribution in [3.05, 3.63) is 59.4 Å². The lowest BCUT2D eigenvalue weighted by atomic mass is 10.1. The summed E-state index contributed by atoms with van der Waals surface area (Å²) in [5, 5.41) is 8.82. The molecule has 0 radical (unpaired) electrons. The Morgan fingerprint density at radius 3 is 2.52 bits per heavy atom. The van der Waals surface area contributed by atoms with Crippen molar-refractivity contribution in [2.24, 2.45) is 5.73 Å². The van der Waals surface area contributed by atoms with Crippen LogP contribution in [-0.4, -0.2) is 22.1 Å². The number of carbonyl (C=O) groups is 1. The van der Waals surface area contributed by atoms with Gasteiger partial charge in [0.05, 0.1) is 11.8 Å². The second-order valence-corrected chi connectivity index (χ2v) is 4.96. The summed E-state index contributed by atoms with van der Waals surface area (Å²) >= 11 is 0. The topological polar surface area (TPSA) is 85.4 Å². The molecule has 2 aromatic rings. The number of nitrogens with two attached hydrogens (primary N) is 1. The Balaban J connectivity index is 1.91. The van der Waals surface area contributed by atoms with Crippen molar-refractivity contribution in [2.75, 3.05) is 0 Å². The molecule has 0 saturated carbocycles. The molecule has 1 aromatic heterocycles. The lowest BCUT2D eigenvalue weighted by Gasteiger charge is -2.08. The number of benzene rings is 1. The lowest BCUT2D eigenvalue weighted by molar-refractivity contribution is 0.0697. The molecule has 1 heterocycles. The summed E-state index contributed by atoms with van der Waals surface area (Å²) in [6.45, 7) is 2.31. The normalized spacial score (nSPS) is 11.9. The average molecular weight is 286 g/mol. The predicted octanol–water partition coefficient (Wildman–Crippen LogP) is 2.25. The molecule has 0 aliphatic carbocycles. The van der Waals surface area contributed by atoms with Gasteiger partial charge in [0.25, 0.3) is 0 Å². The molecule has 0 amide bonds. The molecule has 5 heteroatoms. The third-order valence-corrected chi connectivity index (χ3v) is 2.94. The highest BCUT2D eigenvalue weighted by molar-refractivity contribution is 5.87. The van der Waals surface area contributed by atoms with Gasteiger partial charge in [0.15, 0.2) is 0 Å². The summed E-state index contributed by atoms with van der Waals surface area (Å²) in [5.41, 5.74) is 7.82. The summed E-state index contributed by atoms with van der Waals surface area (Å²) in [6, 6.07) is 10.4. The molecule has 1 aromatic carbocycles. The van der Waals surface area contributed by atoms with Gasteiger partial charge in [-0.25, -0.2) is 4.79 Å². The average Bonchev–Trinajstić information content (AvgIpc) is 2.46. The minimum absolute atomic E-state index is 0.0806. The van der Waals surface area contributed by atoms with Crippen molar-refractivity contribution in [1.82, 2.24) is 4.98 Å². The minimum Gasteiger partial charge on any atom is -0.487 e. The first-order valence-electron chi connectivity index (χ1n) is 6.70. The fraction of sp³-hybridized carbons (Fsp3) is 0.250. The van der Waals surface area contributed by atoms with Gasteiger partial charge in [-0.05, 0) is 36.8 Å². The van der Waals surface area contributed by atoms with Crippen molar-refractivity contribution < 1.29 is 14.6 Å². The Kier molecular flexibility index (Phi) is 4.90. The maximum Gasteiger partial charge on any atom is 0.335 e. The van der Waals surface area contributed by atoms with E-state index in [1.165, 1.54) is 0 Å². The predicted molar refractivity (Wildman–Crippen MR) is 79.3 cm³/mol. The van der Waals surface area contributed by atoms with Crippen LogP contribution in [0.4, 0.5) is 0 Å². The van der Waals surface area contributed by atoms with E-state index in [4.69, 9.17) is 15.6 Å². The van der Waals surface area contributed by atoms with Gasteiger partial charge >= 0.3 is 5.97 Å². The van der Waals surface area contributed by atoms with Gasteiger partial charge in [-0.3, -0.25) is 4.98 Å². The summed E-state index contributed by atoms with van der Waals surface area (Å²) in [5.74, 6) is -0.262. The van der Waals surface area contributed by atoms with Crippen molar-refractivity contribution in [3.63, 3.8) is 0 Å². The van der Waals surface area contributed by atoms with Crippen molar-refractivity contribution in [3.8, 4) is 5.75 Å². The van der Waals surface area contributed by atoms with Crippen LogP contribution in [0.2, 0.25) is 0 Å². The molecular formula is C16H18N2O3. The number of aromatic nitrogens is 1. The van der Waals surface area contributed by atoms with Crippen LogP contribution in [0, 0.1) is 0 Å². The van der Waals surface area contributed by atoms with Crippen LogP contribution in [0.5, 0.6) is 5.75 Å². The van der Waals surface area contributed by atoms with Gasteiger partial charge in [0.2, 0.25) is 0 Å². The van der Waals surface area contributed by atoms with Gasteiger partial charge in [0, 0.05) is 18.2 Å². The third kappa shape index (κ3) is 4.57. The smallest absolute Gasteiger partial charge is 0.335 e. The number of hydrogen-bond acceptors (Lipinski definition) is 4. The first-order chi connectivity index (χ1) is 10.0. The molecule has 0 bridgehead atoms. The number of nitrogens with zero attached hydrogens (tertiary/aromatic N) is 1. The number of rotatable bonds is 6. The van der Waals surface area contributed by atoms with Gasteiger partial charge in [-0.15, -0.1) is 0 Å². The molecule has 0 aliphatic rings. The van der Waals surface area contributed by atoms with Crippen molar-refractivity contribution >= 4 is 5.97 Å². The first kappa shape index (κ1) is 15.0. The minimum atomic E-state index is -0.934. The number of ether oxygens (including phenoxy) is 1. The molecular weight excluding hydrogens is 268 g/mol. The molecule has 0 spiro atoms. The van der Waals surface area contributed by atoms with E-state index in [9.17, 15) is 4.79 Å². The zero-order valence-electron chi connectivity index (χ0n) is 11.8. The van der Waals surface area contributed by atoms with E-state index in [1.54, 1.807) is 30.5 Å². The number of carboxylic acid groups (broad SMARTS) is 1. The van der Waals surface area contributed by atoms with E-state index in [2.05, 4.69) is 4.98 Å². The fourth-order valence-electron chi connectivity index (χ4n) is 1.86. The van der Waals surface area contributed by atoms with E-state index in [1.807, 2.05) is 19.1 Å². The molecule has 2 rings (SSSR count). The van der Waals surface area contributed by atoms with Crippen LogP contribution in [0.1, 0.15) is 28.5 Å². The van der Waals surface area contributed by atoms with E-state index in [0.29, 0.717) is 12.4 Å². The van der Waals surface area contributed by atoms with E-state index in [0.717, 1.165) is 17.7 Å². The fourth-order valence-corrected chi connectivity index (χ4v) is 1.86. The second kappa shape index (κ2) is 6.85. The van der Waals surface area contributed by atoms with Crippen molar-refractivity contribution in [2.45, 2.75) is 26.0 Å². The van der Waals surface area contributed by atoms with Crippen LogP contribution in [0.25, 0.3) is 0 Å². The Morgan fingerprint density at radius 2 is 2.00 bits per heavy atom. The van der Waals surface area contributed by atoms with Gasteiger partial charge < -0.3 is 15.6 Å². The number of aromatic carboxylic acids is 1. The quantitative estimate of drug-likeness (QED) is 0.850. The standard InChI is InChI=1S/C16H18N2O3/c1-11(17)8-14-6-7-15(9-18-14)21-10-12-2-4-13(5-3-12)16(19)20/h2-7,9,11H,8,10,17H2,1H3,(H,19,20). The Bertz CT molecular complexity index is 592. The van der Waals surface area contributed by atoms with Crippen LogP contribution in [0.15, 0.2) is 42.6 Å².